The molecule has 4 rings (SSSR count). The van der Waals surface area contributed by atoms with Crippen molar-refractivity contribution in [2.24, 2.45) is 16.7 Å². The molecule has 9 heteroatoms. The minimum absolute atomic E-state index is 0.186. The van der Waals surface area contributed by atoms with Gasteiger partial charge < -0.3 is 24.4 Å². The van der Waals surface area contributed by atoms with Gasteiger partial charge in [0.05, 0.1) is 12.7 Å². The highest BCUT2D eigenvalue weighted by atomic mass is 16.6. The number of allylic oxidation sites excluding steroid dienone is 2. The van der Waals surface area contributed by atoms with Crippen molar-refractivity contribution in [1.29, 1.82) is 0 Å². The van der Waals surface area contributed by atoms with Gasteiger partial charge in [-0.15, -0.1) is 0 Å². The Labute approximate surface area is 236 Å². The van der Waals surface area contributed by atoms with Crippen LogP contribution in [0.3, 0.4) is 0 Å². The minimum Gasteiger partial charge on any atom is -0.468 e. The Morgan fingerprint density at radius 3 is 2.35 bits per heavy atom. The van der Waals surface area contributed by atoms with Crippen molar-refractivity contribution in [3.63, 3.8) is 0 Å². The van der Waals surface area contributed by atoms with E-state index in [2.05, 4.69) is 32.2 Å². The molecule has 40 heavy (non-hydrogen) atoms. The molecule has 1 unspecified atom stereocenters. The third kappa shape index (κ3) is 6.09. The molecule has 4 atom stereocenters. The van der Waals surface area contributed by atoms with E-state index in [0.29, 0.717) is 25.2 Å². The molecular formula is C31H42N2O7. The normalized spacial score (nSPS) is 27.7. The van der Waals surface area contributed by atoms with Crippen LogP contribution in [-0.2, 0) is 28.6 Å². The van der Waals surface area contributed by atoms with Crippen LogP contribution in [0.1, 0.15) is 76.7 Å². The average Bonchev–Trinajstić information content (AvgIpc) is 3.34. The van der Waals surface area contributed by atoms with E-state index in [1.807, 2.05) is 45.0 Å². The van der Waals surface area contributed by atoms with Gasteiger partial charge in [-0.1, -0.05) is 39.0 Å². The fourth-order valence-corrected chi connectivity index (χ4v) is 6.72. The first-order valence-corrected chi connectivity index (χ1v) is 14.0. The highest BCUT2D eigenvalue weighted by Crippen LogP contribution is 2.57. The maximum Gasteiger partial charge on any atom is 0.397 e. The van der Waals surface area contributed by atoms with Crippen LogP contribution in [0, 0.1) is 16.7 Å². The van der Waals surface area contributed by atoms with Crippen LogP contribution < -0.4 is 5.32 Å². The molecule has 1 aromatic carbocycles. The molecule has 1 aliphatic carbocycles. The lowest BCUT2D eigenvalue weighted by Crippen LogP contribution is -2.56. The predicted octanol–water partition coefficient (Wildman–Crippen LogP) is 3.76. The van der Waals surface area contributed by atoms with Crippen molar-refractivity contribution in [1.82, 2.24) is 10.2 Å². The Bertz CT molecular complexity index is 1200. The molecule has 2 aliphatic heterocycles. The largest absolute Gasteiger partial charge is 0.468 e. The van der Waals surface area contributed by atoms with Gasteiger partial charge in [-0.25, -0.2) is 9.59 Å². The molecule has 3 aliphatic rings. The number of hydrogen-bond donors (Lipinski definition) is 1. The Hall–Kier alpha value is -3.20. The fourth-order valence-electron chi connectivity index (χ4n) is 6.72. The number of esters is 3. The lowest BCUT2D eigenvalue weighted by Gasteiger charge is -2.55. The summed E-state index contributed by atoms with van der Waals surface area (Å²) >= 11 is 0. The van der Waals surface area contributed by atoms with E-state index in [9.17, 15) is 19.2 Å². The lowest BCUT2D eigenvalue weighted by atomic mass is 9.53. The van der Waals surface area contributed by atoms with E-state index in [1.165, 1.54) is 12.7 Å². The SMILES string of the molecule is COC(=O)[C@@H]1CC(OC(=O)C(=O)N2CC[C@H]3C(C)(C)C(c4ccc(C(=O)OC(C)(C)C)cc4)=CC[C@]3(C)C2)CN1. The van der Waals surface area contributed by atoms with Crippen molar-refractivity contribution >= 4 is 29.4 Å². The van der Waals surface area contributed by atoms with E-state index in [0.717, 1.165) is 18.4 Å². The monoisotopic (exact) mass is 554 g/mol. The summed E-state index contributed by atoms with van der Waals surface area (Å²) in [5.41, 5.74) is 1.86. The molecule has 1 N–H and O–H groups in total. The van der Waals surface area contributed by atoms with Crippen LogP contribution in [0.4, 0.5) is 0 Å². The van der Waals surface area contributed by atoms with Crippen LogP contribution in [0.5, 0.6) is 0 Å². The Morgan fingerprint density at radius 2 is 1.73 bits per heavy atom. The summed E-state index contributed by atoms with van der Waals surface area (Å²) in [6, 6.07) is 7.05. The Kier molecular flexibility index (Phi) is 8.18. The third-order valence-corrected chi connectivity index (χ3v) is 8.56. The number of fused-ring (bicyclic) bond motifs is 1. The first kappa shape index (κ1) is 29.8. The molecule has 1 amide bonds. The molecule has 1 aromatic rings. The molecule has 2 saturated heterocycles. The molecule has 2 heterocycles. The second-order valence-electron chi connectivity index (χ2n) is 13.1. The van der Waals surface area contributed by atoms with E-state index < -0.39 is 35.6 Å². The number of nitrogens with one attached hydrogen (secondary N) is 1. The van der Waals surface area contributed by atoms with Crippen LogP contribution in [0.15, 0.2) is 30.3 Å². The molecule has 0 aromatic heterocycles. The number of piperidine rings is 1. The number of methoxy groups -OCH3 is 1. The highest BCUT2D eigenvalue weighted by molar-refractivity contribution is 6.32. The number of likely N-dealkylation sites (tertiary alicyclic amines) is 1. The minimum atomic E-state index is -0.879. The molecular weight excluding hydrogens is 512 g/mol. The third-order valence-electron chi connectivity index (χ3n) is 8.56. The first-order chi connectivity index (χ1) is 18.6. The molecule has 2 fully saturated rings. The predicted molar refractivity (Wildman–Crippen MR) is 149 cm³/mol. The van der Waals surface area contributed by atoms with Gasteiger partial charge >= 0.3 is 23.8 Å². The fraction of sp³-hybridized carbons (Fsp3) is 0.613. The standard InChI is InChI=1S/C31H42N2O7/c1-29(2,3)40-26(35)20-10-8-19(9-11-20)22-12-14-31(6)18-33(15-13-24(31)30(22,4)5)25(34)28(37)39-21-16-23(32-17-21)27(36)38-7/h8-12,21,23-24,32H,13-18H2,1-7H3/t21?,23-,24-,31+/m0/s1. The molecule has 218 valence electrons. The van der Waals surface area contributed by atoms with Gasteiger partial charge in [-0.3, -0.25) is 9.59 Å². The second-order valence-corrected chi connectivity index (χ2v) is 13.1. The van der Waals surface area contributed by atoms with E-state index in [-0.39, 0.29) is 29.1 Å². The summed E-state index contributed by atoms with van der Waals surface area (Å²) in [6.45, 7) is 13.4. The molecule has 0 spiro atoms. The van der Waals surface area contributed by atoms with E-state index in [1.54, 1.807) is 4.90 Å². The van der Waals surface area contributed by atoms with Crippen LogP contribution >= 0.6 is 0 Å². The van der Waals surface area contributed by atoms with Crippen molar-refractivity contribution in [2.75, 3.05) is 26.7 Å². The summed E-state index contributed by atoms with van der Waals surface area (Å²) < 4.78 is 15.7. The van der Waals surface area contributed by atoms with Gasteiger partial charge in [-0.2, -0.15) is 0 Å². The summed E-state index contributed by atoms with van der Waals surface area (Å²) in [5, 5.41) is 2.96. The molecule has 9 nitrogen and oxygen atoms in total. The molecule has 0 saturated carbocycles. The number of nitrogens with zero attached hydrogens (tertiary/aromatic N) is 1. The Morgan fingerprint density at radius 1 is 1.05 bits per heavy atom. The van der Waals surface area contributed by atoms with Crippen LogP contribution in [0.25, 0.3) is 5.57 Å². The summed E-state index contributed by atoms with van der Waals surface area (Å²) in [7, 11) is 1.31. The topological polar surface area (TPSA) is 111 Å². The maximum absolute atomic E-state index is 13.1. The quantitative estimate of drug-likeness (QED) is 0.340. The smallest absolute Gasteiger partial charge is 0.397 e. The number of carbonyl (C=O) groups excluding carboxylic acids is 4. The number of carbonyl (C=O) groups is 4. The van der Waals surface area contributed by atoms with Crippen molar-refractivity contribution < 1.29 is 33.4 Å². The van der Waals surface area contributed by atoms with Crippen LogP contribution in [-0.4, -0.2) is 73.2 Å². The van der Waals surface area contributed by atoms with E-state index in [4.69, 9.17) is 14.2 Å². The number of rotatable bonds is 4. The number of benzene rings is 1. The van der Waals surface area contributed by atoms with Gasteiger partial charge in [0.25, 0.3) is 0 Å². The number of hydrogen-bond acceptors (Lipinski definition) is 8. The van der Waals surface area contributed by atoms with Gasteiger partial charge in [0.2, 0.25) is 0 Å². The summed E-state index contributed by atoms with van der Waals surface area (Å²) in [6.07, 6.45) is 3.49. The zero-order valence-electron chi connectivity index (χ0n) is 24.7. The summed E-state index contributed by atoms with van der Waals surface area (Å²) in [5.74, 6) is -1.98. The van der Waals surface area contributed by atoms with Crippen LogP contribution in [0.2, 0.25) is 0 Å². The lowest BCUT2D eigenvalue weighted by molar-refractivity contribution is -0.166. The van der Waals surface area contributed by atoms with Crippen molar-refractivity contribution in [2.45, 2.75) is 78.6 Å². The van der Waals surface area contributed by atoms with Crippen molar-refractivity contribution in [3.8, 4) is 0 Å². The Balaban J connectivity index is 1.42. The molecule has 0 bridgehead atoms. The molecule has 0 radical (unpaired) electrons. The zero-order valence-corrected chi connectivity index (χ0v) is 24.7. The number of ether oxygens (including phenoxy) is 3. The van der Waals surface area contributed by atoms with Gasteiger partial charge in [0.1, 0.15) is 17.7 Å². The number of amides is 1. The zero-order chi connectivity index (χ0) is 29.5. The van der Waals surface area contributed by atoms with Crippen molar-refractivity contribution in [3.05, 3.63) is 41.5 Å². The second kappa shape index (κ2) is 11.0. The average molecular weight is 555 g/mol. The highest BCUT2D eigenvalue weighted by Gasteiger charge is 2.51. The van der Waals surface area contributed by atoms with Gasteiger partial charge in [0.15, 0.2) is 0 Å². The van der Waals surface area contributed by atoms with Gasteiger partial charge in [-0.05, 0) is 73.6 Å². The van der Waals surface area contributed by atoms with Gasteiger partial charge in [0, 0.05) is 26.1 Å². The maximum atomic E-state index is 13.1. The summed E-state index contributed by atoms with van der Waals surface area (Å²) in [4.78, 5) is 51.6. The first-order valence-electron chi connectivity index (χ1n) is 14.0. The van der Waals surface area contributed by atoms with E-state index >= 15 is 0 Å².